The van der Waals surface area contributed by atoms with E-state index in [1.54, 1.807) is 24.3 Å². The van der Waals surface area contributed by atoms with E-state index in [-0.39, 0.29) is 18.4 Å². The van der Waals surface area contributed by atoms with Gasteiger partial charge in [-0.3, -0.25) is 0 Å². The fraction of sp³-hybridized carbons (Fsp3) is 0.280. The van der Waals surface area contributed by atoms with Gasteiger partial charge in [-0.05, 0) is 41.8 Å². The van der Waals surface area contributed by atoms with Crippen molar-refractivity contribution in [1.82, 2.24) is 0 Å². The van der Waals surface area contributed by atoms with Crippen molar-refractivity contribution in [2.75, 3.05) is 13.7 Å². The molecule has 2 aromatic rings. The quantitative estimate of drug-likeness (QED) is 0.446. The maximum atomic E-state index is 12.4. The number of hydrogen-bond donors (Lipinski definition) is 0. The van der Waals surface area contributed by atoms with Crippen molar-refractivity contribution in [1.29, 1.82) is 0 Å². The molecule has 7 heteroatoms. The maximum absolute atomic E-state index is 12.4. The molecular weight excluding hydrogens is 432 g/mol. The Bertz CT molecular complexity index is 1030. The van der Waals surface area contributed by atoms with Gasteiger partial charge < -0.3 is 18.9 Å². The zero-order valence-corrected chi connectivity index (χ0v) is 18.3. The number of halogens is 1. The highest BCUT2D eigenvalue weighted by Crippen LogP contribution is 2.44. The molecule has 32 heavy (non-hydrogen) atoms. The van der Waals surface area contributed by atoms with E-state index in [2.05, 4.69) is 0 Å². The van der Waals surface area contributed by atoms with Gasteiger partial charge in [0.05, 0.1) is 37.0 Å². The van der Waals surface area contributed by atoms with Gasteiger partial charge in [-0.1, -0.05) is 48.0 Å². The Hall–Kier alpha value is -3.09. The first-order valence-corrected chi connectivity index (χ1v) is 10.7. The number of methoxy groups -OCH3 is 1. The van der Waals surface area contributed by atoms with Crippen LogP contribution in [-0.2, 0) is 30.3 Å². The van der Waals surface area contributed by atoms with Crippen LogP contribution in [-0.4, -0.2) is 31.9 Å². The van der Waals surface area contributed by atoms with E-state index in [1.165, 1.54) is 13.4 Å². The number of fused-ring (bicyclic) bond motifs is 1. The minimum atomic E-state index is -0.614. The van der Waals surface area contributed by atoms with Crippen molar-refractivity contribution in [3.8, 4) is 0 Å². The van der Waals surface area contributed by atoms with Gasteiger partial charge in [0.1, 0.15) is 6.61 Å². The Morgan fingerprint density at radius 3 is 2.50 bits per heavy atom. The summed E-state index contributed by atoms with van der Waals surface area (Å²) in [5.74, 6) is -1.32. The van der Waals surface area contributed by atoms with Gasteiger partial charge in [0.15, 0.2) is 0 Å². The molecule has 0 amide bonds. The lowest BCUT2D eigenvalue weighted by molar-refractivity contribution is -0.161. The first-order valence-electron chi connectivity index (χ1n) is 10.3. The van der Waals surface area contributed by atoms with Crippen LogP contribution in [0, 0.1) is 11.8 Å². The van der Waals surface area contributed by atoms with Crippen molar-refractivity contribution in [2.45, 2.75) is 19.3 Å². The first kappa shape index (κ1) is 22.1. The minimum absolute atomic E-state index is 0.0750. The number of rotatable bonds is 7. The van der Waals surface area contributed by atoms with Gasteiger partial charge in [-0.25, -0.2) is 9.59 Å². The Morgan fingerprint density at radius 1 is 1.03 bits per heavy atom. The van der Waals surface area contributed by atoms with Crippen LogP contribution in [0.25, 0.3) is 0 Å². The molecule has 3 atom stereocenters. The van der Waals surface area contributed by atoms with Crippen LogP contribution in [0.5, 0.6) is 0 Å². The number of hydrogen-bond acceptors (Lipinski definition) is 6. The summed E-state index contributed by atoms with van der Waals surface area (Å²) in [6.07, 6.45) is 3.40. The van der Waals surface area contributed by atoms with Gasteiger partial charge in [0.2, 0.25) is 6.29 Å². The summed E-state index contributed by atoms with van der Waals surface area (Å²) in [4.78, 5) is 24.7. The second-order valence-corrected chi connectivity index (χ2v) is 8.03. The molecule has 0 bridgehead atoms. The standard InChI is InChI=1S/C25H23ClO6/c1-29-24(28)21-15-32-25(31-13-16-5-3-2-4-6-16)22-18(9-12-20(21)22)14-30-23(27)17-7-10-19(26)11-8-17/h2-11,15,20,22,25H,12-14H2,1H3/t20-,22-,25-/m1/s1. The van der Waals surface area contributed by atoms with Gasteiger partial charge in [-0.2, -0.15) is 0 Å². The van der Waals surface area contributed by atoms with Crippen molar-refractivity contribution < 1.29 is 28.5 Å². The number of ether oxygens (including phenoxy) is 4. The Balaban J connectivity index is 1.47. The molecule has 4 rings (SSSR count). The lowest BCUT2D eigenvalue weighted by Gasteiger charge is -2.34. The van der Waals surface area contributed by atoms with Gasteiger partial charge in [0, 0.05) is 10.9 Å². The second kappa shape index (κ2) is 10.0. The Morgan fingerprint density at radius 2 is 1.78 bits per heavy atom. The van der Waals surface area contributed by atoms with Gasteiger partial charge in [-0.15, -0.1) is 0 Å². The van der Waals surface area contributed by atoms with Crippen LogP contribution < -0.4 is 0 Å². The molecule has 166 valence electrons. The van der Waals surface area contributed by atoms with Gasteiger partial charge in [0.25, 0.3) is 0 Å². The van der Waals surface area contributed by atoms with E-state index in [9.17, 15) is 9.59 Å². The Kier molecular flexibility index (Phi) is 6.93. The van der Waals surface area contributed by atoms with E-state index >= 15 is 0 Å². The lowest BCUT2D eigenvalue weighted by atomic mass is 9.83. The van der Waals surface area contributed by atoms with Crippen LogP contribution in [0.2, 0.25) is 5.02 Å². The molecule has 0 saturated heterocycles. The number of allylic oxidation sites excluding steroid dienone is 1. The zero-order chi connectivity index (χ0) is 22.5. The molecule has 6 nitrogen and oxygen atoms in total. The van der Waals surface area contributed by atoms with Crippen LogP contribution >= 0.6 is 11.6 Å². The van der Waals surface area contributed by atoms with Crippen LogP contribution in [0.1, 0.15) is 22.3 Å². The predicted octanol–water partition coefficient (Wildman–Crippen LogP) is 4.69. The van der Waals surface area contributed by atoms with E-state index in [0.29, 0.717) is 29.2 Å². The predicted molar refractivity (Wildman–Crippen MR) is 118 cm³/mol. The van der Waals surface area contributed by atoms with Crippen molar-refractivity contribution in [3.63, 3.8) is 0 Å². The first-order chi connectivity index (χ1) is 15.6. The summed E-state index contributed by atoms with van der Waals surface area (Å²) < 4.78 is 22.3. The fourth-order valence-corrected chi connectivity index (χ4v) is 4.13. The molecule has 0 unspecified atom stereocenters. The van der Waals surface area contributed by atoms with Crippen molar-refractivity contribution in [3.05, 3.63) is 94.2 Å². The molecule has 0 spiro atoms. The third kappa shape index (κ3) is 4.87. The number of carbonyl (C=O) groups is 2. The molecule has 0 N–H and O–H groups in total. The van der Waals surface area contributed by atoms with Crippen LogP contribution in [0.4, 0.5) is 0 Å². The van der Waals surface area contributed by atoms with Crippen LogP contribution in [0.3, 0.4) is 0 Å². The fourth-order valence-electron chi connectivity index (χ4n) is 4.00. The highest BCUT2D eigenvalue weighted by Gasteiger charge is 2.45. The SMILES string of the molecule is COC(=O)C1=CO[C@@H](OCc2ccccc2)[C@@H]2C(COC(=O)c3ccc(Cl)cc3)=CC[C@H]12. The normalized spacial score (nSPS) is 21.6. The molecule has 0 fully saturated rings. The largest absolute Gasteiger partial charge is 0.471 e. The smallest absolute Gasteiger partial charge is 0.338 e. The second-order valence-electron chi connectivity index (χ2n) is 7.60. The average molecular weight is 455 g/mol. The molecule has 0 radical (unpaired) electrons. The minimum Gasteiger partial charge on any atom is -0.471 e. The van der Waals surface area contributed by atoms with Crippen molar-refractivity contribution in [2.24, 2.45) is 11.8 Å². The van der Waals surface area contributed by atoms with Crippen molar-refractivity contribution >= 4 is 23.5 Å². The summed E-state index contributed by atoms with van der Waals surface area (Å²) in [6.45, 7) is 0.430. The molecule has 1 aliphatic heterocycles. The van der Waals surface area contributed by atoms with E-state index in [1.807, 2.05) is 36.4 Å². The third-order valence-electron chi connectivity index (χ3n) is 5.65. The summed E-state index contributed by atoms with van der Waals surface area (Å²) in [5.41, 5.74) is 2.72. The zero-order valence-electron chi connectivity index (χ0n) is 17.5. The average Bonchev–Trinajstić information content (AvgIpc) is 3.26. The maximum Gasteiger partial charge on any atom is 0.338 e. The molecular formula is C25H23ClO6. The number of carbonyl (C=O) groups excluding carboxylic acids is 2. The summed E-state index contributed by atoms with van der Waals surface area (Å²) in [7, 11) is 1.34. The summed E-state index contributed by atoms with van der Waals surface area (Å²) >= 11 is 5.88. The molecule has 2 aliphatic rings. The molecule has 1 heterocycles. The number of benzene rings is 2. The van der Waals surface area contributed by atoms with E-state index < -0.39 is 18.2 Å². The lowest BCUT2D eigenvalue weighted by Crippen LogP contribution is -2.37. The number of esters is 2. The van der Waals surface area contributed by atoms with Gasteiger partial charge >= 0.3 is 11.9 Å². The highest BCUT2D eigenvalue weighted by molar-refractivity contribution is 6.30. The Labute approximate surface area is 191 Å². The molecule has 2 aromatic carbocycles. The molecule has 0 aromatic heterocycles. The summed E-state index contributed by atoms with van der Waals surface area (Å²) in [6, 6.07) is 16.3. The van der Waals surface area contributed by atoms with E-state index in [4.69, 9.17) is 30.5 Å². The molecule has 1 aliphatic carbocycles. The monoisotopic (exact) mass is 454 g/mol. The molecule has 0 saturated carbocycles. The highest BCUT2D eigenvalue weighted by atomic mass is 35.5. The van der Waals surface area contributed by atoms with Crippen LogP contribution in [0.15, 0.2) is 78.1 Å². The topological polar surface area (TPSA) is 71.1 Å². The van der Waals surface area contributed by atoms with E-state index in [0.717, 1.165) is 11.1 Å². The summed E-state index contributed by atoms with van der Waals surface area (Å²) in [5, 5.41) is 0.544. The third-order valence-corrected chi connectivity index (χ3v) is 5.90.